The van der Waals surface area contributed by atoms with Gasteiger partial charge in [0.1, 0.15) is 6.10 Å². The van der Waals surface area contributed by atoms with E-state index in [1.165, 1.54) is 13.8 Å². The van der Waals surface area contributed by atoms with Gasteiger partial charge in [-0.3, -0.25) is 9.59 Å². The van der Waals surface area contributed by atoms with Crippen molar-refractivity contribution < 1.29 is 23.8 Å². The zero-order valence-electron chi connectivity index (χ0n) is 10.4. The number of hydrogen-bond acceptors (Lipinski definition) is 6. The van der Waals surface area contributed by atoms with Gasteiger partial charge in [-0.15, -0.1) is 0 Å². The zero-order valence-corrected chi connectivity index (χ0v) is 10.4. The van der Waals surface area contributed by atoms with Crippen LogP contribution < -0.4 is 0 Å². The predicted octanol–water partition coefficient (Wildman–Crippen LogP) is 1.15. The molecule has 0 aromatic rings. The molecule has 0 saturated carbocycles. The molecule has 0 aliphatic carbocycles. The molecule has 0 radical (unpaired) electrons. The van der Waals surface area contributed by atoms with E-state index in [9.17, 15) is 9.59 Å². The fraction of sp³-hybridized carbons (Fsp3) is 0.800. The summed E-state index contributed by atoms with van der Waals surface area (Å²) in [7, 11) is 0. The van der Waals surface area contributed by atoms with Gasteiger partial charge >= 0.3 is 11.9 Å². The summed E-state index contributed by atoms with van der Waals surface area (Å²) in [6, 6.07) is 0. The van der Waals surface area contributed by atoms with Crippen molar-refractivity contribution in [2.75, 3.05) is 6.61 Å². The molecule has 0 aromatic carbocycles. The van der Waals surface area contributed by atoms with Crippen LogP contribution in [0, 0.1) is 5.92 Å². The molecule has 8 nitrogen and oxygen atoms in total. The molecule has 0 amide bonds. The highest BCUT2D eigenvalue weighted by Gasteiger charge is 2.42. The van der Waals surface area contributed by atoms with Crippen LogP contribution in [0.3, 0.4) is 0 Å². The van der Waals surface area contributed by atoms with E-state index in [0.29, 0.717) is 0 Å². The first kappa shape index (κ1) is 14.3. The van der Waals surface area contributed by atoms with E-state index >= 15 is 0 Å². The van der Waals surface area contributed by atoms with Crippen LogP contribution in [0.15, 0.2) is 5.11 Å². The first-order chi connectivity index (χ1) is 8.45. The minimum absolute atomic E-state index is 0.164. The summed E-state index contributed by atoms with van der Waals surface area (Å²) in [6.07, 6.45) is -2.60. The lowest BCUT2D eigenvalue weighted by Crippen LogP contribution is -2.52. The van der Waals surface area contributed by atoms with E-state index in [1.807, 2.05) is 0 Å². The van der Waals surface area contributed by atoms with Gasteiger partial charge < -0.3 is 14.2 Å². The quantitative estimate of drug-likeness (QED) is 0.326. The highest BCUT2D eigenvalue weighted by Crippen LogP contribution is 2.26. The first-order valence-electron chi connectivity index (χ1n) is 5.46. The Morgan fingerprint density at radius 3 is 2.33 bits per heavy atom. The molecule has 8 heteroatoms. The van der Waals surface area contributed by atoms with Crippen LogP contribution in [0.1, 0.15) is 20.8 Å². The van der Waals surface area contributed by atoms with Crippen LogP contribution in [-0.2, 0) is 23.8 Å². The van der Waals surface area contributed by atoms with Crippen molar-refractivity contribution in [1.29, 1.82) is 0 Å². The second-order valence-electron chi connectivity index (χ2n) is 4.05. The molecule has 0 aromatic heterocycles. The standard InChI is InChI=1S/C10H15N3O5/c1-5-4-16-10(12-13-11)9(18-7(3)15)8(5)17-6(2)14/h5,8-10H,4H2,1-3H3/t5-,8+,9?,10-/m1/s1. The average molecular weight is 257 g/mol. The molecule has 1 unspecified atom stereocenters. The summed E-state index contributed by atoms with van der Waals surface area (Å²) in [4.78, 5) is 24.7. The molecule has 18 heavy (non-hydrogen) atoms. The van der Waals surface area contributed by atoms with Crippen LogP contribution in [0.4, 0.5) is 0 Å². The van der Waals surface area contributed by atoms with Crippen LogP contribution >= 0.6 is 0 Å². The van der Waals surface area contributed by atoms with Gasteiger partial charge in [-0.2, -0.15) is 0 Å². The zero-order chi connectivity index (χ0) is 13.7. The molecule has 1 aliphatic heterocycles. The SMILES string of the molecule is CC(=O)OC1[C@H](N=[N+]=[N-])OC[C@@H](C)[C@@H]1OC(C)=O. The number of azide groups is 1. The van der Waals surface area contributed by atoms with Crippen molar-refractivity contribution in [3.63, 3.8) is 0 Å². The molecule has 1 saturated heterocycles. The molecule has 1 heterocycles. The van der Waals surface area contributed by atoms with Gasteiger partial charge in [0.25, 0.3) is 0 Å². The summed E-state index contributed by atoms with van der Waals surface area (Å²) >= 11 is 0. The Hall–Kier alpha value is -1.79. The lowest BCUT2D eigenvalue weighted by molar-refractivity contribution is -0.203. The second kappa shape index (κ2) is 6.23. The summed E-state index contributed by atoms with van der Waals surface area (Å²) in [6.45, 7) is 4.52. The van der Waals surface area contributed by atoms with Crippen LogP contribution in [0.2, 0.25) is 0 Å². The predicted molar refractivity (Wildman–Crippen MR) is 59.2 cm³/mol. The second-order valence-corrected chi connectivity index (χ2v) is 4.05. The van der Waals surface area contributed by atoms with Crippen molar-refractivity contribution in [2.45, 2.75) is 39.2 Å². The highest BCUT2D eigenvalue weighted by molar-refractivity contribution is 5.67. The van der Waals surface area contributed by atoms with Gasteiger partial charge in [0.15, 0.2) is 12.3 Å². The number of nitrogens with zero attached hydrogens (tertiary/aromatic N) is 3. The third-order valence-corrected chi connectivity index (χ3v) is 2.47. The summed E-state index contributed by atoms with van der Waals surface area (Å²) in [5.41, 5.74) is 8.43. The third-order valence-electron chi connectivity index (χ3n) is 2.47. The van der Waals surface area contributed by atoms with Crippen LogP contribution in [0.25, 0.3) is 10.4 Å². The molecule has 0 N–H and O–H groups in total. The molecule has 0 bridgehead atoms. The summed E-state index contributed by atoms with van der Waals surface area (Å²) in [5, 5.41) is 3.40. The number of hydrogen-bond donors (Lipinski definition) is 0. The van der Waals surface area contributed by atoms with Crippen molar-refractivity contribution in [2.24, 2.45) is 11.0 Å². The van der Waals surface area contributed by atoms with Gasteiger partial charge in [-0.05, 0) is 5.53 Å². The van der Waals surface area contributed by atoms with Gasteiger partial charge in [0.05, 0.1) is 6.61 Å². The Bertz CT molecular complexity index is 380. The van der Waals surface area contributed by atoms with Gasteiger partial charge in [-0.1, -0.05) is 12.0 Å². The first-order valence-corrected chi connectivity index (χ1v) is 5.46. The van der Waals surface area contributed by atoms with Crippen LogP contribution in [-0.4, -0.2) is 37.0 Å². The molecular formula is C10H15N3O5. The number of rotatable bonds is 3. The van der Waals surface area contributed by atoms with Crippen molar-refractivity contribution in [3.05, 3.63) is 10.4 Å². The van der Waals surface area contributed by atoms with E-state index in [2.05, 4.69) is 10.0 Å². The average Bonchev–Trinajstić information content (AvgIpc) is 2.26. The molecule has 1 fully saturated rings. The molecule has 4 atom stereocenters. The Morgan fingerprint density at radius 2 is 1.83 bits per heavy atom. The van der Waals surface area contributed by atoms with Crippen molar-refractivity contribution in [1.82, 2.24) is 0 Å². The molecule has 1 rings (SSSR count). The number of carbonyl (C=O) groups is 2. The van der Waals surface area contributed by atoms with Crippen molar-refractivity contribution >= 4 is 11.9 Å². The fourth-order valence-corrected chi connectivity index (χ4v) is 1.77. The third kappa shape index (κ3) is 3.61. The Kier molecular flexibility index (Phi) is 4.94. The summed E-state index contributed by atoms with van der Waals surface area (Å²) < 4.78 is 15.4. The minimum atomic E-state index is -0.987. The summed E-state index contributed by atoms with van der Waals surface area (Å²) in [5.74, 6) is -1.22. The topological polar surface area (TPSA) is 111 Å². The monoisotopic (exact) mass is 257 g/mol. The number of ether oxygens (including phenoxy) is 3. The van der Waals surface area contributed by atoms with Gasteiger partial charge in [0.2, 0.25) is 0 Å². The van der Waals surface area contributed by atoms with E-state index in [1.54, 1.807) is 6.92 Å². The lowest BCUT2D eigenvalue weighted by atomic mass is 9.96. The fourth-order valence-electron chi connectivity index (χ4n) is 1.77. The molecule has 0 spiro atoms. The largest absolute Gasteiger partial charge is 0.458 e. The minimum Gasteiger partial charge on any atom is -0.458 e. The maximum absolute atomic E-state index is 11.0. The lowest BCUT2D eigenvalue weighted by Gasteiger charge is -2.38. The van der Waals surface area contributed by atoms with Crippen molar-refractivity contribution in [3.8, 4) is 0 Å². The van der Waals surface area contributed by atoms with Crippen LogP contribution in [0.5, 0.6) is 0 Å². The van der Waals surface area contributed by atoms with E-state index in [0.717, 1.165) is 0 Å². The van der Waals surface area contributed by atoms with Gasteiger partial charge in [0, 0.05) is 24.7 Å². The highest BCUT2D eigenvalue weighted by atomic mass is 16.6. The normalized spacial score (nSPS) is 31.1. The maximum Gasteiger partial charge on any atom is 0.303 e. The van der Waals surface area contributed by atoms with E-state index in [-0.39, 0.29) is 12.5 Å². The molecular weight excluding hydrogens is 242 g/mol. The van der Waals surface area contributed by atoms with Gasteiger partial charge in [-0.25, -0.2) is 0 Å². The van der Waals surface area contributed by atoms with E-state index in [4.69, 9.17) is 19.7 Å². The number of esters is 2. The maximum atomic E-state index is 11.0. The Morgan fingerprint density at radius 1 is 1.28 bits per heavy atom. The Labute approximate surface area is 104 Å². The number of carbonyl (C=O) groups excluding carboxylic acids is 2. The van der Waals surface area contributed by atoms with E-state index < -0.39 is 30.4 Å². The Balaban J connectivity index is 2.93. The smallest absolute Gasteiger partial charge is 0.303 e. The molecule has 1 aliphatic rings. The molecule has 100 valence electrons.